The Bertz CT molecular complexity index is 1030. The summed E-state index contributed by atoms with van der Waals surface area (Å²) in [4.78, 5) is 24.7. The lowest BCUT2D eigenvalue weighted by atomic mass is 10.2. The number of hydrogen-bond acceptors (Lipinski definition) is 2. The highest BCUT2D eigenvalue weighted by atomic mass is 35.5. The van der Waals surface area contributed by atoms with Gasteiger partial charge in [-0.15, -0.1) is 0 Å². The van der Waals surface area contributed by atoms with Crippen molar-refractivity contribution in [3.05, 3.63) is 80.5 Å². The number of aromatic nitrogens is 1. The highest BCUT2D eigenvalue weighted by molar-refractivity contribution is 6.39. The molecule has 0 atom stereocenters. The van der Waals surface area contributed by atoms with Gasteiger partial charge in [0, 0.05) is 28.2 Å². The molecule has 0 saturated heterocycles. The monoisotopic (exact) mass is 475 g/mol. The summed E-state index contributed by atoms with van der Waals surface area (Å²) in [5.41, 5.74) is 1.11. The molecule has 1 N–H and O–H groups in total. The highest BCUT2D eigenvalue weighted by Gasteiger charge is 2.23. The maximum absolute atomic E-state index is 12.4. The number of carbonyl (C=O) groups is 2. The lowest BCUT2D eigenvalue weighted by molar-refractivity contribution is 0.0893. The maximum Gasteiger partial charge on any atom is 0.343 e. The first-order chi connectivity index (χ1) is 13.3. The first-order valence-corrected chi connectivity index (χ1v) is 9.52. The Balaban J connectivity index is 1.74. The zero-order valence-corrected chi connectivity index (χ0v) is 17.6. The molecular weight excluding hydrogens is 467 g/mol. The van der Waals surface area contributed by atoms with E-state index in [4.69, 9.17) is 58.2 Å². The Morgan fingerprint density at radius 2 is 1.46 bits per heavy atom. The van der Waals surface area contributed by atoms with Crippen LogP contribution in [0.3, 0.4) is 0 Å². The Hall–Kier alpha value is -1.89. The molecule has 2 aromatic carbocycles. The number of urea groups is 1. The van der Waals surface area contributed by atoms with Crippen molar-refractivity contribution >= 4 is 75.8 Å². The van der Waals surface area contributed by atoms with Crippen LogP contribution >= 0.6 is 58.2 Å². The lowest BCUT2D eigenvalue weighted by Crippen LogP contribution is -2.32. The Morgan fingerprint density at radius 3 is 2.07 bits per heavy atom. The van der Waals surface area contributed by atoms with Gasteiger partial charge in [-0.1, -0.05) is 46.4 Å². The molecule has 0 bridgehead atoms. The van der Waals surface area contributed by atoms with Gasteiger partial charge in [0.05, 0.1) is 10.6 Å². The molecule has 0 radical (unpaired) electrons. The fourth-order valence-corrected chi connectivity index (χ4v) is 3.41. The van der Waals surface area contributed by atoms with Crippen molar-refractivity contribution in [1.82, 2.24) is 8.99 Å². The molecule has 0 fully saturated rings. The molecular formula is C18H10Cl5N3O2. The third-order valence-electron chi connectivity index (χ3n) is 3.68. The van der Waals surface area contributed by atoms with E-state index in [1.807, 2.05) is 0 Å². The number of imide groups is 1. The summed E-state index contributed by atoms with van der Waals surface area (Å²) in [6, 6.07) is 13.4. The van der Waals surface area contributed by atoms with Gasteiger partial charge in [0.15, 0.2) is 0 Å². The van der Waals surface area contributed by atoms with Crippen LogP contribution in [0.25, 0.3) is 5.69 Å². The van der Waals surface area contributed by atoms with Crippen molar-refractivity contribution in [2.24, 2.45) is 0 Å². The number of nitrogens with one attached hydrogen (secondary N) is 1. The summed E-state index contributed by atoms with van der Waals surface area (Å²) in [6.07, 6.45) is 0. The molecule has 0 saturated carbocycles. The number of rotatable bonds is 3. The number of amides is 3. The summed E-state index contributed by atoms with van der Waals surface area (Å²) < 4.78 is 2.01. The highest BCUT2D eigenvalue weighted by Crippen LogP contribution is 2.26. The van der Waals surface area contributed by atoms with Crippen LogP contribution in [0, 0.1) is 0 Å². The Labute approximate surface area is 185 Å². The normalized spacial score (nSPS) is 10.6. The zero-order valence-electron chi connectivity index (χ0n) is 13.8. The molecule has 0 aliphatic heterocycles. The predicted molar refractivity (Wildman–Crippen MR) is 113 cm³/mol. The minimum Gasteiger partial charge on any atom is -0.306 e. The summed E-state index contributed by atoms with van der Waals surface area (Å²) in [5.74, 6) is -0.811. The van der Waals surface area contributed by atoms with Crippen LogP contribution in [0.2, 0.25) is 20.4 Å². The van der Waals surface area contributed by atoms with Gasteiger partial charge in [0.1, 0.15) is 10.3 Å². The molecule has 1 aromatic heterocycles. The van der Waals surface area contributed by atoms with Crippen LogP contribution < -0.4 is 5.32 Å². The van der Waals surface area contributed by atoms with Crippen LogP contribution in [0.15, 0.2) is 54.6 Å². The second kappa shape index (κ2) is 8.64. The largest absolute Gasteiger partial charge is 0.343 e. The van der Waals surface area contributed by atoms with Gasteiger partial charge >= 0.3 is 6.03 Å². The van der Waals surface area contributed by atoms with E-state index in [2.05, 4.69) is 5.32 Å². The van der Waals surface area contributed by atoms with E-state index in [-0.39, 0.29) is 15.6 Å². The van der Waals surface area contributed by atoms with Crippen molar-refractivity contribution in [3.63, 3.8) is 0 Å². The average molecular weight is 478 g/mol. The van der Waals surface area contributed by atoms with E-state index in [0.717, 1.165) is 0 Å². The van der Waals surface area contributed by atoms with Crippen molar-refractivity contribution in [3.8, 4) is 5.69 Å². The fourth-order valence-electron chi connectivity index (χ4n) is 2.36. The number of benzene rings is 2. The maximum atomic E-state index is 12.4. The molecule has 1 heterocycles. The first-order valence-electron chi connectivity index (χ1n) is 7.67. The third kappa shape index (κ3) is 4.40. The van der Waals surface area contributed by atoms with E-state index in [0.29, 0.717) is 26.1 Å². The van der Waals surface area contributed by atoms with Gasteiger partial charge in [-0.3, -0.25) is 9.36 Å². The molecule has 3 aromatic rings. The molecule has 28 heavy (non-hydrogen) atoms. The van der Waals surface area contributed by atoms with E-state index in [1.54, 1.807) is 41.0 Å². The lowest BCUT2D eigenvalue weighted by Gasteiger charge is -2.15. The Kier molecular flexibility index (Phi) is 6.43. The number of anilines is 1. The van der Waals surface area contributed by atoms with E-state index < -0.39 is 11.9 Å². The summed E-state index contributed by atoms with van der Waals surface area (Å²) in [6.45, 7) is 0. The fraction of sp³-hybridized carbons (Fsp3) is 0. The molecule has 3 amide bonds. The van der Waals surface area contributed by atoms with Gasteiger partial charge in [-0.05, 0) is 54.6 Å². The van der Waals surface area contributed by atoms with E-state index >= 15 is 0 Å². The molecule has 0 aliphatic carbocycles. The van der Waals surface area contributed by atoms with Crippen molar-refractivity contribution < 1.29 is 9.59 Å². The minimum atomic E-state index is -0.854. The zero-order chi connectivity index (χ0) is 20.4. The Morgan fingerprint density at radius 1 is 0.857 bits per heavy atom. The summed E-state index contributed by atoms with van der Waals surface area (Å²) >= 11 is 29.9. The van der Waals surface area contributed by atoms with Crippen molar-refractivity contribution in [1.29, 1.82) is 0 Å². The van der Waals surface area contributed by atoms with Crippen molar-refractivity contribution in [2.75, 3.05) is 5.32 Å². The van der Waals surface area contributed by atoms with Gasteiger partial charge in [0.25, 0.3) is 5.91 Å². The molecule has 10 heteroatoms. The van der Waals surface area contributed by atoms with Gasteiger partial charge < -0.3 is 5.32 Å². The summed E-state index contributed by atoms with van der Waals surface area (Å²) in [5, 5.41) is 3.81. The van der Waals surface area contributed by atoms with E-state index in [1.165, 1.54) is 18.2 Å². The number of nitrogens with zero attached hydrogens (tertiary/aromatic N) is 2. The average Bonchev–Trinajstić information content (AvgIpc) is 3.01. The van der Waals surface area contributed by atoms with Crippen LogP contribution in [-0.4, -0.2) is 20.9 Å². The van der Waals surface area contributed by atoms with Crippen LogP contribution in [0.1, 0.15) is 10.4 Å². The third-order valence-corrected chi connectivity index (χ3v) is 5.14. The van der Waals surface area contributed by atoms with Crippen LogP contribution in [0.5, 0.6) is 0 Å². The molecule has 5 nitrogen and oxygen atoms in total. The number of hydrogen-bond donors (Lipinski definition) is 1. The minimum absolute atomic E-state index is 0.00607. The number of halogens is 5. The summed E-state index contributed by atoms with van der Waals surface area (Å²) in [7, 11) is 0. The smallest absolute Gasteiger partial charge is 0.306 e. The number of carbonyl (C=O) groups excluding carboxylic acids is 2. The quantitative estimate of drug-likeness (QED) is 0.416. The second-order valence-electron chi connectivity index (χ2n) is 5.50. The van der Waals surface area contributed by atoms with E-state index in [9.17, 15) is 9.59 Å². The van der Waals surface area contributed by atoms with Crippen LogP contribution in [0.4, 0.5) is 10.5 Å². The molecule has 3 rings (SSSR count). The topological polar surface area (TPSA) is 54.3 Å². The molecule has 0 aliphatic rings. The molecule has 0 spiro atoms. The van der Waals surface area contributed by atoms with Crippen molar-refractivity contribution in [2.45, 2.75) is 0 Å². The SMILES string of the molecule is O=C(Nc1ccc(-n2c(Cl)ccc2Cl)cc1)N(Cl)C(=O)c1cc(Cl)ccc1Cl. The predicted octanol–water partition coefficient (Wildman–Crippen LogP) is 6.92. The first kappa shape index (κ1) is 20.8. The van der Waals surface area contributed by atoms with Gasteiger partial charge in [0.2, 0.25) is 0 Å². The van der Waals surface area contributed by atoms with Gasteiger partial charge in [-0.25, -0.2) is 4.79 Å². The second-order valence-corrected chi connectivity index (χ2v) is 7.46. The van der Waals surface area contributed by atoms with Crippen LogP contribution in [-0.2, 0) is 0 Å². The molecule has 0 unspecified atom stereocenters. The standard InChI is InChI=1S/C18H10Cl5N3O2/c19-10-1-6-14(20)13(9-10)17(27)26(23)18(28)24-11-2-4-12(5-3-11)25-15(21)7-8-16(25)22/h1-9H,(H,24,28). The van der Waals surface area contributed by atoms with Gasteiger partial charge in [-0.2, -0.15) is 4.42 Å². The molecule has 144 valence electrons.